The molecule has 0 unspecified atom stereocenters. The Morgan fingerprint density at radius 1 is 1.50 bits per heavy atom. The van der Waals surface area contributed by atoms with Crippen LogP contribution < -0.4 is 4.90 Å². The van der Waals surface area contributed by atoms with Crippen molar-refractivity contribution in [3.63, 3.8) is 0 Å². The zero-order valence-corrected chi connectivity index (χ0v) is 9.07. The first-order valence-corrected chi connectivity index (χ1v) is 5.01. The molecule has 0 saturated heterocycles. The van der Waals surface area contributed by atoms with Crippen LogP contribution in [0.2, 0.25) is 0 Å². The maximum Gasteiger partial charge on any atom is 0.0853 e. The molecular weight excluding hydrogens is 176 g/mol. The van der Waals surface area contributed by atoms with Gasteiger partial charge in [0.05, 0.1) is 12.3 Å². The van der Waals surface area contributed by atoms with E-state index in [1.54, 1.807) is 6.20 Å². The molecule has 0 saturated carbocycles. The van der Waals surface area contributed by atoms with E-state index in [0.717, 1.165) is 17.9 Å². The van der Waals surface area contributed by atoms with Crippen molar-refractivity contribution in [1.82, 2.24) is 4.98 Å². The minimum atomic E-state index is 0.00346. The molecule has 0 bridgehead atoms. The van der Waals surface area contributed by atoms with Crippen molar-refractivity contribution in [2.24, 2.45) is 0 Å². The lowest BCUT2D eigenvalue weighted by Crippen LogP contribution is -2.30. The van der Waals surface area contributed by atoms with Crippen LogP contribution in [0, 0.1) is 0 Å². The van der Waals surface area contributed by atoms with E-state index >= 15 is 0 Å². The van der Waals surface area contributed by atoms with Gasteiger partial charge in [0.25, 0.3) is 0 Å². The molecule has 1 rings (SSSR count). The molecule has 0 aromatic carbocycles. The molecule has 0 atom stereocenters. The maximum atomic E-state index is 8.97. The largest absolute Gasteiger partial charge is 0.390 e. The second-order valence-electron chi connectivity index (χ2n) is 3.54. The van der Waals surface area contributed by atoms with E-state index in [4.69, 9.17) is 5.11 Å². The lowest BCUT2D eigenvalue weighted by atomic mass is 10.2. The van der Waals surface area contributed by atoms with E-state index in [-0.39, 0.29) is 6.61 Å². The van der Waals surface area contributed by atoms with Crippen LogP contribution in [-0.2, 0) is 6.61 Å². The van der Waals surface area contributed by atoms with Gasteiger partial charge in [0, 0.05) is 24.5 Å². The minimum Gasteiger partial charge on any atom is -0.390 e. The Bertz CT molecular complexity index is 286. The molecule has 0 fully saturated rings. The molecule has 14 heavy (non-hydrogen) atoms. The number of rotatable bonds is 4. The summed E-state index contributed by atoms with van der Waals surface area (Å²) in [6.07, 6.45) is 1.74. The van der Waals surface area contributed by atoms with Crippen molar-refractivity contribution in [3.8, 4) is 0 Å². The standard InChI is InChI=1S/C11H18N2O/c1-4-13(9(2)3)11-5-6-12-10(7-11)8-14/h5-7,9,14H,4,8H2,1-3H3. The zero-order valence-electron chi connectivity index (χ0n) is 9.07. The molecule has 0 spiro atoms. The smallest absolute Gasteiger partial charge is 0.0853 e. The van der Waals surface area contributed by atoms with Gasteiger partial charge in [0.2, 0.25) is 0 Å². The summed E-state index contributed by atoms with van der Waals surface area (Å²) in [5.74, 6) is 0. The summed E-state index contributed by atoms with van der Waals surface area (Å²) in [4.78, 5) is 6.32. The Balaban J connectivity index is 2.92. The normalized spacial score (nSPS) is 10.6. The van der Waals surface area contributed by atoms with Crippen LogP contribution >= 0.6 is 0 Å². The first-order valence-electron chi connectivity index (χ1n) is 5.01. The van der Waals surface area contributed by atoms with E-state index in [9.17, 15) is 0 Å². The van der Waals surface area contributed by atoms with Gasteiger partial charge in [0.1, 0.15) is 0 Å². The third kappa shape index (κ3) is 2.45. The van der Waals surface area contributed by atoms with Crippen molar-refractivity contribution in [2.45, 2.75) is 33.4 Å². The van der Waals surface area contributed by atoms with E-state index < -0.39 is 0 Å². The molecule has 1 N–H and O–H groups in total. The van der Waals surface area contributed by atoms with Crippen LogP contribution in [0.4, 0.5) is 5.69 Å². The fourth-order valence-electron chi connectivity index (χ4n) is 1.58. The maximum absolute atomic E-state index is 8.97. The van der Waals surface area contributed by atoms with Crippen LogP contribution in [0.1, 0.15) is 26.5 Å². The summed E-state index contributed by atoms with van der Waals surface area (Å²) in [6, 6.07) is 4.38. The summed E-state index contributed by atoms with van der Waals surface area (Å²) < 4.78 is 0. The Labute approximate surface area is 85.4 Å². The Kier molecular flexibility index (Phi) is 3.89. The number of hydrogen-bond donors (Lipinski definition) is 1. The molecule has 1 heterocycles. The topological polar surface area (TPSA) is 36.4 Å². The lowest BCUT2D eigenvalue weighted by Gasteiger charge is -2.27. The first-order chi connectivity index (χ1) is 6.69. The Morgan fingerprint density at radius 2 is 2.21 bits per heavy atom. The number of nitrogens with zero attached hydrogens (tertiary/aromatic N) is 2. The number of aliphatic hydroxyl groups is 1. The third-order valence-corrected chi connectivity index (χ3v) is 2.26. The highest BCUT2D eigenvalue weighted by Crippen LogP contribution is 2.16. The zero-order chi connectivity index (χ0) is 10.6. The third-order valence-electron chi connectivity index (χ3n) is 2.26. The Morgan fingerprint density at radius 3 is 2.71 bits per heavy atom. The van der Waals surface area contributed by atoms with Gasteiger partial charge >= 0.3 is 0 Å². The highest BCUT2D eigenvalue weighted by atomic mass is 16.3. The van der Waals surface area contributed by atoms with E-state index in [0.29, 0.717) is 6.04 Å². The minimum absolute atomic E-state index is 0.00346. The predicted octanol–water partition coefficient (Wildman–Crippen LogP) is 1.81. The quantitative estimate of drug-likeness (QED) is 0.794. The highest BCUT2D eigenvalue weighted by Gasteiger charge is 2.08. The number of aromatic nitrogens is 1. The van der Waals surface area contributed by atoms with Crippen LogP contribution in [0.15, 0.2) is 18.3 Å². The van der Waals surface area contributed by atoms with Crippen LogP contribution in [0.3, 0.4) is 0 Å². The Hall–Kier alpha value is -1.09. The number of aliphatic hydroxyl groups excluding tert-OH is 1. The molecule has 1 aromatic heterocycles. The molecule has 1 aromatic rings. The SMILES string of the molecule is CCN(c1ccnc(CO)c1)C(C)C. The van der Waals surface area contributed by atoms with Crippen molar-refractivity contribution in [3.05, 3.63) is 24.0 Å². The molecule has 0 aliphatic carbocycles. The number of pyridine rings is 1. The van der Waals surface area contributed by atoms with Gasteiger partial charge in [-0.05, 0) is 32.9 Å². The first kappa shape index (κ1) is 11.0. The van der Waals surface area contributed by atoms with Gasteiger partial charge in [-0.3, -0.25) is 4.98 Å². The van der Waals surface area contributed by atoms with Crippen LogP contribution in [-0.4, -0.2) is 22.7 Å². The second kappa shape index (κ2) is 4.96. The monoisotopic (exact) mass is 194 g/mol. The second-order valence-corrected chi connectivity index (χ2v) is 3.54. The number of anilines is 1. The highest BCUT2D eigenvalue weighted by molar-refractivity contribution is 5.47. The summed E-state index contributed by atoms with van der Waals surface area (Å²) >= 11 is 0. The summed E-state index contributed by atoms with van der Waals surface area (Å²) in [5.41, 5.74) is 1.85. The molecule has 0 aliphatic rings. The molecular formula is C11H18N2O. The van der Waals surface area contributed by atoms with Gasteiger partial charge in [-0.25, -0.2) is 0 Å². The van der Waals surface area contributed by atoms with Crippen molar-refractivity contribution in [1.29, 1.82) is 0 Å². The lowest BCUT2D eigenvalue weighted by molar-refractivity contribution is 0.277. The average Bonchev–Trinajstić information content (AvgIpc) is 2.19. The summed E-state index contributed by atoms with van der Waals surface area (Å²) in [7, 11) is 0. The van der Waals surface area contributed by atoms with Crippen molar-refractivity contribution >= 4 is 5.69 Å². The predicted molar refractivity (Wildman–Crippen MR) is 58.3 cm³/mol. The van der Waals surface area contributed by atoms with E-state index in [1.165, 1.54) is 0 Å². The van der Waals surface area contributed by atoms with Crippen molar-refractivity contribution in [2.75, 3.05) is 11.4 Å². The fourth-order valence-corrected chi connectivity index (χ4v) is 1.58. The molecule has 0 radical (unpaired) electrons. The molecule has 3 heteroatoms. The van der Waals surface area contributed by atoms with Gasteiger partial charge < -0.3 is 10.0 Å². The van der Waals surface area contributed by atoms with E-state index in [2.05, 4.69) is 30.7 Å². The van der Waals surface area contributed by atoms with Crippen LogP contribution in [0.25, 0.3) is 0 Å². The van der Waals surface area contributed by atoms with E-state index in [1.807, 2.05) is 12.1 Å². The average molecular weight is 194 g/mol. The molecule has 3 nitrogen and oxygen atoms in total. The fraction of sp³-hybridized carbons (Fsp3) is 0.545. The summed E-state index contributed by atoms with van der Waals surface area (Å²) in [5, 5.41) is 8.97. The van der Waals surface area contributed by atoms with Gasteiger partial charge in [-0.2, -0.15) is 0 Å². The molecule has 78 valence electrons. The van der Waals surface area contributed by atoms with Gasteiger partial charge in [-0.15, -0.1) is 0 Å². The molecule has 0 amide bonds. The van der Waals surface area contributed by atoms with Crippen molar-refractivity contribution < 1.29 is 5.11 Å². The number of hydrogen-bond acceptors (Lipinski definition) is 3. The van der Waals surface area contributed by atoms with Crippen LogP contribution in [0.5, 0.6) is 0 Å². The summed E-state index contributed by atoms with van der Waals surface area (Å²) in [6.45, 7) is 7.40. The molecule has 0 aliphatic heterocycles. The van der Waals surface area contributed by atoms with Gasteiger partial charge in [0.15, 0.2) is 0 Å². The van der Waals surface area contributed by atoms with Gasteiger partial charge in [-0.1, -0.05) is 0 Å².